The van der Waals surface area contributed by atoms with Gasteiger partial charge in [-0.1, -0.05) is 52.8 Å². The molecule has 8 nitrogen and oxygen atoms in total. The van der Waals surface area contributed by atoms with Crippen LogP contribution in [0.5, 0.6) is 5.75 Å². The maximum atomic E-state index is 11.4. The Hall–Kier alpha value is -3.04. The fraction of sp³-hybridized carbons (Fsp3) is 0.158. The molecule has 0 amide bonds. The summed E-state index contributed by atoms with van der Waals surface area (Å²) < 4.78 is 11.1. The highest BCUT2D eigenvalue weighted by molar-refractivity contribution is 7.98. The second kappa shape index (κ2) is 9.94. The Morgan fingerprint density at radius 2 is 1.97 bits per heavy atom. The normalized spacial score (nSPS) is 11.3. The Balaban J connectivity index is 1.63. The SMILES string of the molecule is CON=C(C(=O)O)c1ccccc1CSc1nnc(COc2ccc(Cl)cc2)o1. The fourth-order valence-electron chi connectivity index (χ4n) is 2.34. The maximum Gasteiger partial charge on any atom is 0.358 e. The first-order valence-electron chi connectivity index (χ1n) is 8.33. The summed E-state index contributed by atoms with van der Waals surface area (Å²) in [7, 11) is 1.30. The predicted octanol–water partition coefficient (Wildman–Crippen LogP) is 4.03. The van der Waals surface area contributed by atoms with E-state index in [1.807, 2.05) is 6.07 Å². The molecule has 0 atom stereocenters. The Labute approximate surface area is 175 Å². The molecule has 150 valence electrons. The van der Waals surface area contributed by atoms with Crippen LogP contribution >= 0.6 is 23.4 Å². The second-order valence-electron chi connectivity index (χ2n) is 5.58. The molecule has 2 aromatic carbocycles. The molecule has 0 aliphatic rings. The van der Waals surface area contributed by atoms with Crippen molar-refractivity contribution >= 4 is 35.0 Å². The van der Waals surface area contributed by atoms with E-state index in [9.17, 15) is 9.90 Å². The average Bonchev–Trinajstić information content (AvgIpc) is 3.18. The molecular weight excluding hydrogens is 418 g/mol. The van der Waals surface area contributed by atoms with Crippen LogP contribution in [0.4, 0.5) is 0 Å². The van der Waals surface area contributed by atoms with E-state index >= 15 is 0 Å². The molecule has 0 spiro atoms. The number of nitrogens with zero attached hydrogens (tertiary/aromatic N) is 3. The number of benzene rings is 2. The molecule has 3 rings (SSSR count). The Morgan fingerprint density at radius 3 is 2.69 bits per heavy atom. The zero-order chi connectivity index (χ0) is 20.6. The molecule has 1 aromatic heterocycles. The lowest BCUT2D eigenvalue weighted by Crippen LogP contribution is -2.16. The van der Waals surface area contributed by atoms with Gasteiger partial charge in [0.15, 0.2) is 12.3 Å². The van der Waals surface area contributed by atoms with E-state index in [0.717, 1.165) is 5.56 Å². The smallest absolute Gasteiger partial charge is 0.358 e. The average molecular weight is 434 g/mol. The number of carbonyl (C=O) groups is 1. The van der Waals surface area contributed by atoms with Crippen molar-refractivity contribution < 1.29 is 23.9 Å². The maximum absolute atomic E-state index is 11.4. The topological polar surface area (TPSA) is 107 Å². The molecule has 0 saturated heterocycles. The number of aromatic nitrogens is 2. The van der Waals surface area contributed by atoms with Gasteiger partial charge in [-0.15, -0.1) is 10.2 Å². The van der Waals surface area contributed by atoms with Crippen molar-refractivity contribution in [3.63, 3.8) is 0 Å². The molecule has 1 N–H and O–H groups in total. The summed E-state index contributed by atoms with van der Waals surface area (Å²) in [5.41, 5.74) is 1.03. The van der Waals surface area contributed by atoms with E-state index in [-0.39, 0.29) is 12.3 Å². The van der Waals surface area contributed by atoms with Crippen LogP contribution in [-0.2, 0) is 22.0 Å². The molecule has 10 heteroatoms. The number of rotatable bonds is 9. The summed E-state index contributed by atoms with van der Waals surface area (Å²) in [5, 5.41) is 21.9. The molecular formula is C19H16ClN3O5S. The summed E-state index contributed by atoms with van der Waals surface area (Å²) in [6.07, 6.45) is 0. The van der Waals surface area contributed by atoms with Gasteiger partial charge in [0.2, 0.25) is 0 Å². The third-order valence-electron chi connectivity index (χ3n) is 3.63. The fourth-order valence-corrected chi connectivity index (χ4v) is 3.25. The molecule has 0 radical (unpaired) electrons. The number of hydrogen-bond acceptors (Lipinski definition) is 8. The minimum absolute atomic E-state index is 0.120. The van der Waals surface area contributed by atoms with Crippen molar-refractivity contribution in [2.75, 3.05) is 7.11 Å². The molecule has 0 unspecified atom stereocenters. The first-order chi connectivity index (χ1) is 14.1. The number of carboxylic acid groups (broad SMARTS) is 1. The Bertz CT molecular complexity index is 1010. The van der Waals surface area contributed by atoms with E-state index in [0.29, 0.717) is 33.2 Å². The Morgan fingerprint density at radius 1 is 1.21 bits per heavy atom. The predicted molar refractivity (Wildman–Crippen MR) is 107 cm³/mol. The highest BCUT2D eigenvalue weighted by Gasteiger charge is 2.18. The van der Waals surface area contributed by atoms with Crippen LogP contribution in [0.3, 0.4) is 0 Å². The summed E-state index contributed by atoms with van der Waals surface area (Å²) in [4.78, 5) is 16.1. The lowest BCUT2D eigenvalue weighted by Gasteiger charge is -2.07. The number of halogens is 1. The highest BCUT2D eigenvalue weighted by atomic mass is 35.5. The minimum atomic E-state index is -1.18. The van der Waals surface area contributed by atoms with E-state index in [1.54, 1.807) is 42.5 Å². The van der Waals surface area contributed by atoms with Crippen molar-refractivity contribution in [2.24, 2.45) is 5.16 Å². The molecule has 0 aliphatic carbocycles. The van der Waals surface area contributed by atoms with Crippen LogP contribution in [0.1, 0.15) is 17.0 Å². The van der Waals surface area contributed by atoms with Crippen molar-refractivity contribution in [3.8, 4) is 5.75 Å². The van der Waals surface area contributed by atoms with E-state index in [1.165, 1.54) is 18.9 Å². The van der Waals surface area contributed by atoms with Crippen LogP contribution in [0, 0.1) is 0 Å². The van der Waals surface area contributed by atoms with Gasteiger partial charge in [-0.3, -0.25) is 0 Å². The van der Waals surface area contributed by atoms with Crippen molar-refractivity contribution in [2.45, 2.75) is 17.6 Å². The highest BCUT2D eigenvalue weighted by Crippen LogP contribution is 2.24. The molecule has 0 fully saturated rings. The van der Waals surface area contributed by atoms with Crippen LogP contribution in [0.15, 0.2) is 63.3 Å². The number of thioether (sulfide) groups is 1. The first-order valence-corrected chi connectivity index (χ1v) is 9.69. The summed E-state index contributed by atoms with van der Waals surface area (Å²) in [6, 6.07) is 13.9. The lowest BCUT2D eigenvalue weighted by molar-refractivity contribution is -0.129. The van der Waals surface area contributed by atoms with Crippen molar-refractivity contribution in [3.05, 3.63) is 70.6 Å². The van der Waals surface area contributed by atoms with Crippen molar-refractivity contribution in [1.82, 2.24) is 10.2 Å². The van der Waals surface area contributed by atoms with Crippen LogP contribution in [0.2, 0.25) is 5.02 Å². The van der Waals surface area contributed by atoms with Crippen LogP contribution < -0.4 is 4.74 Å². The van der Waals surface area contributed by atoms with E-state index in [2.05, 4.69) is 20.2 Å². The van der Waals surface area contributed by atoms with E-state index < -0.39 is 5.97 Å². The standard InChI is InChI=1S/C19H16ClN3O5S/c1-26-23-17(18(24)25)15-5-3-2-4-12(15)11-29-19-22-21-16(28-19)10-27-14-8-6-13(20)7-9-14/h2-9H,10-11H2,1H3,(H,24,25). The number of oxime groups is 1. The van der Waals surface area contributed by atoms with Crippen LogP contribution in [-0.4, -0.2) is 34.1 Å². The van der Waals surface area contributed by atoms with Gasteiger partial charge >= 0.3 is 5.97 Å². The zero-order valence-corrected chi connectivity index (χ0v) is 16.8. The van der Waals surface area contributed by atoms with Gasteiger partial charge < -0.3 is 19.1 Å². The molecule has 0 bridgehead atoms. The third-order valence-corrected chi connectivity index (χ3v) is 4.75. The largest absolute Gasteiger partial charge is 0.484 e. The third kappa shape index (κ3) is 5.72. The summed E-state index contributed by atoms with van der Waals surface area (Å²) in [5.74, 6) is 0.187. The van der Waals surface area contributed by atoms with Crippen molar-refractivity contribution in [1.29, 1.82) is 0 Å². The number of aliphatic carboxylic acids is 1. The van der Waals surface area contributed by atoms with Gasteiger partial charge in [0.25, 0.3) is 11.1 Å². The second-order valence-corrected chi connectivity index (χ2v) is 6.94. The zero-order valence-electron chi connectivity index (χ0n) is 15.2. The van der Waals surface area contributed by atoms with Gasteiger partial charge in [-0.2, -0.15) is 0 Å². The molecule has 3 aromatic rings. The quantitative estimate of drug-likeness (QED) is 0.306. The summed E-state index contributed by atoms with van der Waals surface area (Å²) in [6.45, 7) is 0.120. The molecule has 1 heterocycles. The number of hydrogen-bond donors (Lipinski definition) is 1. The van der Waals surface area contributed by atoms with Gasteiger partial charge in [-0.05, 0) is 29.8 Å². The first kappa shape index (κ1) is 20.7. The van der Waals surface area contributed by atoms with Gasteiger partial charge in [0, 0.05) is 16.3 Å². The minimum Gasteiger partial charge on any atom is -0.484 e. The Kier molecular flexibility index (Phi) is 7.09. The number of ether oxygens (including phenoxy) is 1. The van der Waals surface area contributed by atoms with E-state index in [4.69, 9.17) is 20.8 Å². The molecule has 0 saturated carbocycles. The number of carboxylic acids is 1. The molecule has 29 heavy (non-hydrogen) atoms. The van der Waals surface area contributed by atoms with Gasteiger partial charge in [0.05, 0.1) is 0 Å². The van der Waals surface area contributed by atoms with Crippen LogP contribution in [0.25, 0.3) is 0 Å². The monoisotopic (exact) mass is 433 g/mol. The van der Waals surface area contributed by atoms with Gasteiger partial charge in [-0.25, -0.2) is 4.79 Å². The van der Waals surface area contributed by atoms with Gasteiger partial charge in [0.1, 0.15) is 12.9 Å². The lowest BCUT2D eigenvalue weighted by atomic mass is 10.0. The summed E-state index contributed by atoms with van der Waals surface area (Å²) >= 11 is 7.11. The molecule has 0 aliphatic heterocycles.